The number of aromatic nitrogens is 3. The fourth-order valence-corrected chi connectivity index (χ4v) is 4.77. The van der Waals surface area contributed by atoms with Crippen molar-refractivity contribution < 1.29 is 4.79 Å². The Kier molecular flexibility index (Phi) is 6.38. The van der Waals surface area contributed by atoms with Crippen LogP contribution in [0.15, 0.2) is 64.5 Å². The number of nitrogens with zero attached hydrogens (tertiary/aromatic N) is 2. The molecule has 2 aromatic carbocycles. The number of hydrogen-bond acceptors (Lipinski definition) is 4. The zero-order chi connectivity index (χ0) is 20.9. The van der Waals surface area contributed by atoms with Crippen molar-refractivity contribution in [2.24, 2.45) is 0 Å². The van der Waals surface area contributed by atoms with Gasteiger partial charge in [-0.2, -0.15) is 0 Å². The average Bonchev–Trinajstić information content (AvgIpc) is 3.12. The van der Waals surface area contributed by atoms with Crippen LogP contribution in [0.4, 0.5) is 0 Å². The van der Waals surface area contributed by atoms with Crippen LogP contribution in [0.5, 0.6) is 0 Å². The van der Waals surface area contributed by atoms with E-state index >= 15 is 0 Å². The smallest absolute Gasteiger partial charge is 0.343 e. The first kappa shape index (κ1) is 20.5. The van der Waals surface area contributed by atoms with E-state index in [0.717, 1.165) is 31.2 Å². The molecule has 30 heavy (non-hydrogen) atoms. The zero-order valence-electron chi connectivity index (χ0n) is 17.0. The number of carbonyl (C=O) groups is 1. The van der Waals surface area contributed by atoms with Gasteiger partial charge in [0, 0.05) is 6.54 Å². The van der Waals surface area contributed by atoms with Crippen molar-refractivity contribution in [3.8, 4) is 0 Å². The normalized spacial score (nSPS) is 16.6. The number of H-pyrrole nitrogens is 1. The van der Waals surface area contributed by atoms with Crippen molar-refractivity contribution >= 4 is 17.7 Å². The first-order valence-electron chi connectivity index (χ1n) is 10.4. The molecule has 0 fully saturated rings. The summed E-state index contributed by atoms with van der Waals surface area (Å²) >= 11 is 1.31. The van der Waals surface area contributed by atoms with Gasteiger partial charge in [-0.3, -0.25) is 9.36 Å². The highest BCUT2D eigenvalue weighted by atomic mass is 32.2. The molecule has 3 aromatic rings. The van der Waals surface area contributed by atoms with E-state index in [0.29, 0.717) is 11.7 Å². The fourth-order valence-electron chi connectivity index (χ4n) is 3.88. The van der Waals surface area contributed by atoms with E-state index in [4.69, 9.17) is 0 Å². The molecule has 7 heteroatoms. The summed E-state index contributed by atoms with van der Waals surface area (Å²) in [6, 6.07) is 18.4. The predicted molar refractivity (Wildman–Crippen MR) is 119 cm³/mol. The van der Waals surface area contributed by atoms with Gasteiger partial charge in [0.05, 0.1) is 11.3 Å². The molecule has 1 amide bonds. The molecule has 1 aliphatic carbocycles. The van der Waals surface area contributed by atoms with Gasteiger partial charge in [-0.15, -0.1) is 5.10 Å². The van der Waals surface area contributed by atoms with Crippen LogP contribution in [0.1, 0.15) is 42.5 Å². The summed E-state index contributed by atoms with van der Waals surface area (Å²) in [5.41, 5.74) is 3.44. The Labute approximate surface area is 180 Å². The first-order chi connectivity index (χ1) is 14.6. The molecule has 0 spiro atoms. The van der Waals surface area contributed by atoms with Gasteiger partial charge in [0.15, 0.2) is 5.16 Å². The number of carbonyl (C=O) groups excluding carboxylic acids is 1. The third kappa shape index (κ3) is 4.67. The molecule has 156 valence electrons. The second-order valence-electron chi connectivity index (χ2n) is 7.61. The number of aromatic amines is 1. The van der Waals surface area contributed by atoms with Gasteiger partial charge < -0.3 is 5.32 Å². The maximum Gasteiger partial charge on any atom is 0.343 e. The van der Waals surface area contributed by atoms with Crippen LogP contribution >= 0.6 is 11.8 Å². The van der Waals surface area contributed by atoms with E-state index < -0.39 is 0 Å². The Morgan fingerprint density at radius 2 is 2.00 bits per heavy atom. The lowest BCUT2D eigenvalue weighted by Gasteiger charge is -2.27. The summed E-state index contributed by atoms with van der Waals surface area (Å²) in [7, 11) is 0. The predicted octanol–water partition coefficient (Wildman–Crippen LogP) is 3.49. The molecule has 1 aliphatic rings. The molecular formula is C23H26N4O2S. The first-order valence-corrected chi connectivity index (χ1v) is 11.2. The number of amides is 1. The Balaban J connectivity index is 1.40. The number of hydrogen-bond donors (Lipinski definition) is 2. The highest BCUT2D eigenvalue weighted by Crippen LogP contribution is 2.30. The van der Waals surface area contributed by atoms with Crippen molar-refractivity contribution in [2.45, 2.75) is 55.6 Å². The van der Waals surface area contributed by atoms with Crippen molar-refractivity contribution in [3.63, 3.8) is 0 Å². The molecule has 0 bridgehead atoms. The second-order valence-corrected chi connectivity index (χ2v) is 8.92. The minimum absolute atomic E-state index is 0.0354. The van der Waals surface area contributed by atoms with E-state index in [2.05, 4.69) is 27.6 Å². The lowest BCUT2D eigenvalue weighted by Crippen LogP contribution is -2.36. The molecule has 0 radical (unpaired) electrons. The van der Waals surface area contributed by atoms with Crippen molar-refractivity contribution in [3.05, 3.63) is 81.8 Å². The summed E-state index contributed by atoms with van der Waals surface area (Å²) in [5.74, 6) is -0.0354. The third-order valence-electron chi connectivity index (χ3n) is 5.53. The number of aryl methyl sites for hydroxylation is 2. The maximum atomic E-state index is 12.9. The quantitative estimate of drug-likeness (QED) is 0.571. The van der Waals surface area contributed by atoms with Gasteiger partial charge in [0.25, 0.3) is 0 Å². The van der Waals surface area contributed by atoms with Gasteiger partial charge in [-0.25, -0.2) is 9.89 Å². The third-order valence-corrected chi connectivity index (χ3v) is 6.62. The molecule has 4 rings (SSSR count). The highest BCUT2D eigenvalue weighted by Gasteiger charge is 2.25. The zero-order valence-corrected chi connectivity index (χ0v) is 17.8. The largest absolute Gasteiger partial charge is 0.348 e. The molecule has 2 N–H and O–H groups in total. The molecule has 0 aliphatic heterocycles. The van der Waals surface area contributed by atoms with E-state index in [1.54, 1.807) is 4.57 Å². The van der Waals surface area contributed by atoms with Gasteiger partial charge in [-0.1, -0.05) is 66.4 Å². The lowest BCUT2D eigenvalue weighted by atomic mass is 9.88. The Hall–Kier alpha value is -2.80. The van der Waals surface area contributed by atoms with E-state index in [-0.39, 0.29) is 22.9 Å². The maximum absolute atomic E-state index is 12.9. The number of thioether (sulfide) groups is 1. The average molecular weight is 423 g/mol. The SMILES string of the molecule is CC(Sc1n[nH]c(=O)n1CCc1ccccc1)C(=O)NC1CCCc2ccccc21. The van der Waals surface area contributed by atoms with Crippen LogP contribution in [-0.4, -0.2) is 25.9 Å². The van der Waals surface area contributed by atoms with Crippen molar-refractivity contribution in [1.82, 2.24) is 20.1 Å². The summed E-state index contributed by atoms with van der Waals surface area (Å²) in [4.78, 5) is 25.1. The standard InChI is InChI=1S/C23H26N4O2S/c1-16(21(28)24-20-13-7-11-18-10-5-6-12-19(18)20)30-23-26-25-22(29)27(23)15-14-17-8-3-2-4-9-17/h2-6,8-10,12,16,20H,7,11,13-15H2,1H3,(H,24,28)(H,25,29). The van der Waals surface area contributed by atoms with Gasteiger partial charge in [0.1, 0.15) is 0 Å². The van der Waals surface area contributed by atoms with Gasteiger partial charge in [0.2, 0.25) is 5.91 Å². The van der Waals surface area contributed by atoms with Crippen LogP contribution in [0.2, 0.25) is 0 Å². The minimum atomic E-state index is -0.357. The van der Waals surface area contributed by atoms with E-state index in [1.807, 2.05) is 49.4 Å². The molecule has 0 saturated carbocycles. The Bertz CT molecular complexity index is 1060. The summed E-state index contributed by atoms with van der Waals surface area (Å²) < 4.78 is 1.61. The second kappa shape index (κ2) is 9.34. The fraction of sp³-hybridized carbons (Fsp3) is 0.348. The molecular weight excluding hydrogens is 396 g/mol. The molecule has 1 heterocycles. The molecule has 6 nitrogen and oxygen atoms in total. The van der Waals surface area contributed by atoms with Crippen LogP contribution in [0, 0.1) is 0 Å². The number of benzene rings is 2. The van der Waals surface area contributed by atoms with Crippen LogP contribution in [-0.2, 0) is 24.2 Å². The molecule has 2 atom stereocenters. The van der Waals surface area contributed by atoms with E-state index in [9.17, 15) is 9.59 Å². The van der Waals surface area contributed by atoms with E-state index in [1.165, 1.54) is 22.9 Å². The molecule has 1 aromatic heterocycles. The topological polar surface area (TPSA) is 79.8 Å². The molecule has 2 unspecified atom stereocenters. The number of nitrogens with one attached hydrogen (secondary N) is 2. The monoisotopic (exact) mass is 422 g/mol. The van der Waals surface area contributed by atoms with Crippen molar-refractivity contribution in [1.29, 1.82) is 0 Å². The van der Waals surface area contributed by atoms with Crippen LogP contribution in [0.25, 0.3) is 0 Å². The van der Waals surface area contributed by atoms with Crippen LogP contribution < -0.4 is 11.0 Å². The summed E-state index contributed by atoms with van der Waals surface area (Å²) in [6.07, 6.45) is 3.81. The van der Waals surface area contributed by atoms with Gasteiger partial charge >= 0.3 is 5.69 Å². The highest BCUT2D eigenvalue weighted by molar-refractivity contribution is 8.00. The molecule has 0 saturated heterocycles. The Morgan fingerprint density at radius 3 is 2.83 bits per heavy atom. The summed E-state index contributed by atoms with van der Waals surface area (Å²) in [5, 5.41) is 10.0. The van der Waals surface area contributed by atoms with Crippen LogP contribution in [0.3, 0.4) is 0 Å². The van der Waals surface area contributed by atoms with Crippen molar-refractivity contribution in [2.75, 3.05) is 0 Å². The number of fused-ring (bicyclic) bond motifs is 1. The Morgan fingerprint density at radius 1 is 1.23 bits per heavy atom. The summed E-state index contributed by atoms with van der Waals surface area (Å²) in [6.45, 7) is 2.38. The van der Waals surface area contributed by atoms with Gasteiger partial charge in [-0.05, 0) is 49.3 Å². The minimum Gasteiger partial charge on any atom is -0.348 e. The lowest BCUT2D eigenvalue weighted by molar-refractivity contribution is -0.121. The number of rotatable bonds is 7.